The molecular weight excluding hydrogens is 306 g/mol. The van der Waals surface area contributed by atoms with Gasteiger partial charge in [-0.2, -0.15) is 0 Å². The normalized spacial score (nSPS) is 14.6. The zero-order valence-electron chi connectivity index (χ0n) is 12.0. The third kappa shape index (κ3) is 2.90. The summed E-state index contributed by atoms with van der Waals surface area (Å²) in [6.07, 6.45) is 3.63. The molecular formula is C17H16F2O2S. The molecule has 22 heavy (non-hydrogen) atoms. The second kappa shape index (κ2) is 5.80. The van der Waals surface area contributed by atoms with Crippen LogP contribution in [0.2, 0.25) is 0 Å². The number of sulfone groups is 1. The highest BCUT2D eigenvalue weighted by Crippen LogP contribution is 2.29. The van der Waals surface area contributed by atoms with Crippen LogP contribution in [0, 0.1) is 11.6 Å². The van der Waals surface area contributed by atoms with Crippen molar-refractivity contribution in [1.29, 1.82) is 0 Å². The minimum atomic E-state index is -3.65. The summed E-state index contributed by atoms with van der Waals surface area (Å²) in [6, 6.07) is 8.25. The van der Waals surface area contributed by atoms with Crippen LogP contribution in [0.1, 0.15) is 29.5 Å². The first-order valence-electron chi connectivity index (χ1n) is 7.25. The molecule has 2 aromatic rings. The van der Waals surface area contributed by atoms with E-state index in [0.29, 0.717) is 6.07 Å². The molecule has 0 aromatic heterocycles. The molecule has 1 aliphatic rings. The zero-order valence-corrected chi connectivity index (χ0v) is 12.8. The molecule has 5 heteroatoms. The molecule has 0 radical (unpaired) electrons. The topological polar surface area (TPSA) is 34.1 Å². The van der Waals surface area contributed by atoms with E-state index in [9.17, 15) is 17.2 Å². The van der Waals surface area contributed by atoms with Gasteiger partial charge < -0.3 is 0 Å². The third-order valence-corrected chi connectivity index (χ3v) is 5.79. The average Bonchev–Trinajstić information content (AvgIpc) is 2.49. The van der Waals surface area contributed by atoms with Gasteiger partial charge in [0.15, 0.2) is 9.84 Å². The molecule has 0 spiro atoms. The molecule has 0 atom stereocenters. The van der Waals surface area contributed by atoms with Crippen LogP contribution < -0.4 is 0 Å². The van der Waals surface area contributed by atoms with Gasteiger partial charge in [0.25, 0.3) is 0 Å². The van der Waals surface area contributed by atoms with E-state index >= 15 is 0 Å². The van der Waals surface area contributed by atoms with Crippen molar-refractivity contribution in [2.45, 2.75) is 36.3 Å². The maximum atomic E-state index is 13.7. The maximum Gasteiger partial charge on any atom is 0.182 e. The van der Waals surface area contributed by atoms with Gasteiger partial charge in [-0.15, -0.1) is 0 Å². The first kappa shape index (κ1) is 15.2. The predicted octanol–water partition coefficient (Wildman–Crippen LogP) is 3.82. The number of fused-ring (bicyclic) bond motifs is 1. The first-order chi connectivity index (χ1) is 10.5. The summed E-state index contributed by atoms with van der Waals surface area (Å²) in [6.45, 7) is 0. The SMILES string of the molecule is O=S(=O)(Cc1ccc(F)cc1F)c1cccc2c1CCCC2. The molecule has 0 bridgehead atoms. The van der Waals surface area contributed by atoms with Crippen LogP contribution in [0.4, 0.5) is 8.78 Å². The van der Waals surface area contributed by atoms with E-state index in [2.05, 4.69) is 0 Å². The lowest BCUT2D eigenvalue weighted by atomic mass is 9.92. The number of benzene rings is 2. The van der Waals surface area contributed by atoms with E-state index in [1.54, 1.807) is 12.1 Å². The summed E-state index contributed by atoms with van der Waals surface area (Å²) in [5.41, 5.74) is 1.91. The lowest BCUT2D eigenvalue weighted by molar-refractivity contribution is 0.568. The lowest BCUT2D eigenvalue weighted by Crippen LogP contribution is -2.13. The molecule has 2 nitrogen and oxygen atoms in total. The molecule has 0 fully saturated rings. The van der Waals surface area contributed by atoms with E-state index in [0.717, 1.165) is 42.9 Å². The van der Waals surface area contributed by atoms with Gasteiger partial charge >= 0.3 is 0 Å². The minimum Gasteiger partial charge on any atom is -0.223 e. The summed E-state index contributed by atoms with van der Waals surface area (Å²) in [5.74, 6) is -1.99. The second-order valence-electron chi connectivity index (χ2n) is 5.60. The van der Waals surface area contributed by atoms with E-state index in [1.165, 1.54) is 6.07 Å². The Hall–Kier alpha value is -1.75. The molecule has 0 saturated carbocycles. The van der Waals surface area contributed by atoms with Crippen LogP contribution in [-0.4, -0.2) is 8.42 Å². The lowest BCUT2D eigenvalue weighted by Gasteiger charge is -2.19. The van der Waals surface area contributed by atoms with Crippen LogP contribution >= 0.6 is 0 Å². The molecule has 2 aromatic carbocycles. The van der Waals surface area contributed by atoms with Crippen molar-refractivity contribution in [3.05, 3.63) is 64.7 Å². The van der Waals surface area contributed by atoms with Crippen molar-refractivity contribution >= 4 is 9.84 Å². The highest BCUT2D eigenvalue weighted by Gasteiger charge is 2.24. The average molecular weight is 322 g/mol. The molecule has 0 N–H and O–H groups in total. The van der Waals surface area contributed by atoms with Crippen molar-refractivity contribution in [2.24, 2.45) is 0 Å². The standard InChI is InChI=1S/C17H16F2O2S/c18-14-9-8-13(16(19)10-14)11-22(20,21)17-7-3-5-12-4-1-2-6-15(12)17/h3,5,7-10H,1-2,4,6,11H2. The Morgan fingerprint density at radius 1 is 1.00 bits per heavy atom. The molecule has 0 unspecified atom stereocenters. The van der Waals surface area contributed by atoms with Crippen molar-refractivity contribution in [3.63, 3.8) is 0 Å². The van der Waals surface area contributed by atoms with Crippen LogP contribution in [0.15, 0.2) is 41.3 Å². The van der Waals surface area contributed by atoms with Gasteiger partial charge in [-0.3, -0.25) is 0 Å². The number of aryl methyl sites for hydroxylation is 1. The Morgan fingerprint density at radius 3 is 2.55 bits per heavy atom. The monoisotopic (exact) mass is 322 g/mol. The van der Waals surface area contributed by atoms with E-state index in [1.807, 2.05) is 6.07 Å². The fourth-order valence-corrected chi connectivity index (χ4v) is 4.65. The highest BCUT2D eigenvalue weighted by molar-refractivity contribution is 7.90. The largest absolute Gasteiger partial charge is 0.223 e. The fourth-order valence-electron chi connectivity index (χ4n) is 2.96. The summed E-state index contributed by atoms with van der Waals surface area (Å²) in [5, 5.41) is 0. The Kier molecular flexibility index (Phi) is 4.00. The molecule has 0 saturated heterocycles. The molecule has 1 aliphatic carbocycles. The van der Waals surface area contributed by atoms with E-state index < -0.39 is 27.2 Å². The Balaban J connectivity index is 2.00. The van der Waals surface area contributed by atoms with Gasteiger partial charge in [0, 0.05) is 11.6 Å². The van der Waals surface area contributed by atoms with Crippen molar-refractivity contribution < 1.29 is 17.2 Å². The summed E-state index contributed by atoms with van der Waals surface area (Å²) in [4.78, 5) is 0.286. The number of hydrogen-bond donors (Lipinski definition) is 0. The summed E-state index contributed by atoms with van der Waals surface area (Å²) >= 11 is 0. The van der Waals surface area contributed by atoms with Gasteiger partial charge in [0.2, 0.25) is 0 Å². The van der Waals surface area contributed by atoms with Gasteiger partial charge in [0.1, 0.15) is 11.6 Å². The van der Waals surface area contributed by atoms with Crippen LogP contribution in [0.25, 0.3) is 0 Å². The second-order valence-corrected chi connectivity index (χ2v) is 7.55. The molecule has 3 rings (SSSR count). The van der Waals surface area contributed by atoms with E-state index in [4.69, 9.17) is 0 Å². The van der Waals surface area contributed by atoms with Crippen molar-refractivity contribution in [3.8, 4) is 0 Å². The number of halogens is 2. The van der Waals surface area contributed by atoms with Gasteiger partial charge in [-0.05, 0) is 48.9 Å². The first-order valence-corrected chi connectivity index (χ1v) is 8.90. The summed E-state index contributed by atoms with van der Waals surface area (Å²) in [7, 11) is -3.65. The van der Waals surface area contributed by atoms with Gasteiger partial charge in [0.05, 0.1) is 10.6 Å². The molecule has 0 amide bonds. The smallest absolute Gasteiger partial charge is 0.182 e. The Labute approximate surface area is 128 Å². The van der Waals surface area contributed by atoms with E-state index in [-0.39, 0.29) is 10.5 Å². The quantitative estimate of drug-likeness (QED) is 0.861. The van der Waals surface area contributed by atoms with Crippen molar-refractivity contribution in [1.82, 2.24) is 0 Å². The van der Waals surface area contributed by atoms with Crippen molar-refractivity contribution in [2.75, 3.05) is 0 Å². The van der Waals surface area contributed by atoms with Gasteiger partial charge in [-0.25, -0.2) is 17.2 Å². The molecule has 0 heterocycles. The maximum absolute atomic E-state index is 13.7. The van der Waals surface area contributed by atoms with Crippen LogP contribution in [-0.2, 0) is 28.4 Å². The predicted molar refractivity (Wildman–Crippen MR) is 80.3 cm³/mol. The number of rotatable bonds is 3. The van der Waals surface area contributed by atoms with Crippen LogP contribution in [0.5, 0.6) is 0 Å². The molecule has 0 aliphatic heterocycles. The Bertz CT molecular complexity index is 813. The molecule has 116 valence electrons. The summed E-state index contributed by atoms with van der Waals surface area (Å²) < 4.78 is 52.0. The number of hydrogen-bond acceptors (Lipinski definition) is 2. The third-order valence-electron chi connectivity index (χ3n) is 4.05. The zero-order chi connectivity index (χ0) is 15.7. The fraction of sp³-hybridized carbons (Fsp3) is 0.294. The highest BCUT2D eigenvalue weighted by atomic mass is 32.2. The Morgan fingerprint density at radius 2 is 1.77 bits per heavy atom. The minimum absolute atomic E-state index is 0.00480. The van der Waals surface area contributed by atoms with Gasteiger partial charge in [-0.1, -0.05) is 18.2 Å². The van der Waals surface area contributed by atoms with Crippen LogP contribution in [0.3, 0.4) is 0 Å².